The van der Waals surface area contributed by atoms with E-state index in [2.05, 4.69) is 20.6 Å². The highest BCUT2D eigenvalue weighted by Crippen LogP contribution is 2.12. The van der Waals surface area contributed by atoms with E-state index >= 15 is 0 Å². The average Bonchev–Trinajstić information content (AvgIpc) is 2.90. The number of hydrogen-bond donors (Lipinski definition) is 3. The maximum Gasteiger partial charge on any atom is 0.242 e. The van der Waals surface area contributed by atoms with E-state index < -0.39 is 6.04 Å². The highest BCUT2D eigenvalue weighted by atomic mass is 32.2. The molecular weight excluding hydrogens is 319 g/mol. The Kier molecular flexibility index (Phi) is 5.97. The molecule has 3 N–H and O–H groups in total. The molecule has 8 heteroatoms. The van der Waals surface area contributed by atoms with E-state index in [-0.39, 0.29) is 24.2 Å². The van der Waals surface area contributed by atoms with Gasteiger partial charge in [0, 0.05) is 6.92 Å². The van der Waals surface area contributed by atoms with E-state index in [0.717, 1.165) is 5.75 Å². The molecule has 1 aromatic carbocycles. The van der Waals surface area contributed by atoms with Crippen molar-refractivity contribution in [2.75, 3.05) is 12.0 Å². The molecule has 124 valence electrons. The third kappa shape index (κ3) is 4.95. The topological polar surface area (TPSA) is 86.9 Å². The second kappa shape index (κ2) is 7.96. The van der Waals surface area contributed by atoms with E-state index in [1.54, 1.807) is 17.8 Å². The third-order valence-corrected chi connectivity index (χ3v) is 3.87. The molecule has 0 aliphatic rings. The normalized spacial score (nSPS) is 12.1. The molecular formula is C15H19FN4O2S. The van der Waals surface area contributed by atoms with Gasteiger partial charge < -0.3 is 15.6 Å². The van der Waals surface area contributed by atoms with E-state index in [4.69, 9.17) is 0 Å². The van der Waals surface area contributed by atoms with Crippen molar-refractivity contribution in [3.63, 3.8) is 0 Å². The number of rotatable bonds is 7. The smallest absolute Gasteiger partial charge is 0.242 e. The summed E-state index contributed by atoms with van der Waals surface area (Å²) in [7, 11) is 0. The van der Waals surface area contributed by atoms with Crippen molar-refractivity contribution in [1.29, 1.82) is 0 Å². The molecule has 1 unspecified atom stereocenters. The molecule has 0 saturated carbocycles. The predicted octanol–water partition coefficient (Wildman–Crippen LogP) is 1.58. The zero-order chi connectivity index (χ0) is 16.8. The molecule has 6 nitrogen and oxygen atoms in total. The predicted molar refractivity (Wildman–Crippen MR) is 88.5 cm³/mol. The van der Waals surface area contributed by atoms with Gasteiger partial charge in [-0.15, -0.1) is 0 Å². The minimum absolute atomic E-state index is 0.185. The number of benzene rings is 1. The van der Waals surface area contributed by atoms with Gasteiger partial charge in [0.1, 0.15) is 17.7 Å². The average molecular weight is 338 g/mol. The van der Waals surface area contributed by atoms with Gasteiger partial charge in [0.15, 0.2) is 0 Å². The first-order chi connectivity index (χ1) is 11.0. The Hall–Kier alpha value is -2.09. The van der Waals surface area contributed by atoms with Gasteiger partial charge in [-0.1, -0.05) is 0 Å². The Morgan fingerprint density at radius 1 is 1.43 bits per heavy atom. The summed E-state index contributed by atoms with van der Waals surface area (Å²) in [5.41, 5.74) is 1.21. The highest BCUT2D eigenvalue weighted by Gasteiger charge is 2.19. The molecule has 0 spiro atoms. The molecule has 0 bridgehead atoms. The van der Waals surface area contributed by atoms with E-state index in [0.29, 0.717) is 23.3 Å². The number of H-pyrrole nitrogens is 1. The molecule has 23 heavy (non-hydrogen) atoms. The summed E-state index contributed by atoms with van der Waals surface area (Å²) in [5.74, 6) is 0.443. The Balaban J connectivity index is 1.98. The van der Waals surface area contributed by atoms with Gasteiger partial charge in [0.05, 0.1) is 17.6 Å². The van der Waals surface area contributed by atoms with Gasteiger partial charge in [-0.25, -0.2) is 9.37 Å². The molecule has 0 radical (unpaired) electrons. The van der Waals surface area contributed by atoms with Gasteiger partial charge >= 0.3 is 0 Å². The van der Waals surface area contributed by atoms with Crippen LogP contribution in [0.5, 0.6) is 0 Å². The maximum absolute atomic E-state index is 13.1. The van der Waals surface area contributed by atoms with Gasteiger partial charge in [-0.05, 0) is 36.6 Å². The van der Waals surface area contributed by atoms with Crippen LogP contribution in [-0.4, -0.2) is 39.8 Å². The number of nitrogens with zero attached hydrogens (tertiary/aromatic N) is 1. The fourth-order valence-corrected chi connectivity index (χ4v) is 2.63. The highest BCUT2D eigenvalue weighted by molar-refractivity contribution is 7.98. The van der Waals surface area contributed by atoms with Crippen molar-refractivity contribution in [2.45, 2.75) is 25.9 Å². The minimum Gasteiger partial charge on any atom is -0.347 e. The zero-order valence-corrected chi connectivity index (χ0v) is 13.8. The van der Waals surface area contributed by atoms with Crippen LogP contribution in [0.15, 0.2) is 18.2 Å². The van der Waals surface area contributed by atoms with Crippen molar-refractivity contribution in [2.24, 2.45) is 0 Å². The van der Waals surface area contributed by atoms with E-state index in [9.17, 15) is 14.0 Å². The number of imidazole rings is 1. The first-order valence-corrected chi connectivity index (χ1v) is 8.57. The minimum atomic E-state index is -0.568. The summed E-state index contributed by atoms with van der Waals surface area (Å²) >= 11 is 1.61. The Morgan fingerprint density at radius 3 is 2.91 bits per heavy atom. The lowest BCUT2D eigenvalue weighted by molar-refractivity contribution is -0.128. The number of thioether (sulfide) groups is 1. The summed E-state index contributed by atoms with van der Waals surface area (Å²) in [5, 5.41) is 5.38. The zero-order valence-electron chi connectivity index (χ0n) is 13.0. The Labute approximate surface area is 137 Å². The lowest BCUT2D eigenvalue weighted by atomic mass is 10.2. The molecule has 0 aliphatic carbocycles. The van der Waals surface area contributed by atoms with Crippen LogP contribution in [0.25, 0.3) is 11.0 Å². The Morgan fingerprint density at radius 2 is 2.22 bits per heavy atom. The SMILES string of the molecule is CSCCC(NC(C)=O)C(=O)NCc1nc2ccc(F)cc2[nH]1. The van der Waals surface area contributed by atoms with Gasteiger partial charge in [0.2, 0.25) is 11.8 Å². The van der Waals surface area contributed by atoms with Crippen LogP contribution in [0.1, 0.15) is 19.2 Å². The van der Waals surface area contributed by atoms with Gasteiger partial charge in [-0.2, -0.15) is 11.8 Å². The van der Waals surface area contributed by atoms with Crippen LogP contribution in [0.2, 0.25) is 0 Å². The largest absolute Gasteiger partial charge is 0.347 e. The second-order valence-electron chi connectivity index (χ2n) is 5.10. The fourth-order valence-electron chi connectivity index (χ4n) is 2.16. The monoisotopic (exact) mass is 338 g/mol. The van der Waals surface area contributed by atoms with Crippen molar-refractivity contribution >= 4 is 34.6 Å². The molecule has 1 heterocycles. The molecule has 1 aromatic heterocycles. The van der Waals surface area contributed by atoms with Crippen molar-refractivity contribution < 1.29 is 14.0 Å². The molecule has 1 atom stereocenters. The summed E-state index contributed by atoms with van der Waals surface area (Å²) in [4.78, 5) is 30.6. The molecule has 0 fully saturated rings. The van der Waals surface area contributed by atoms with Crippen LogP contribution in [0.3, 0.4) is 0 Å². The molecule has 2 amide bonds. The molecule has 2 rings (SSSR count). The molecule has 0 aliphatic heterocycles. The van der Waals surface area contributed by atoms with Crippen LogP contribution in [0.4, 0.5) is 4.39 Å². The van der Waals surface area contributed by atoms with Gasteiger partial charge in [0.25, 0.3) is 0 Å². The number of aromatic nitrogens is 2. The number of amides is 2. The standard InChI is InChI=1S/C15H19FN4O2S/c1-9(21)18-12(5-6-23-2)15(22)17-8-14-19-11-4-3-10(16)7-13(11)20-14/h3-4,7,12H,5-6,8H2,1-2H3,(H,17,22)(H,18,21)(H,19,20). The van der Waals surface area contributed by atoms with Crippen LogP contribution < -0.4 is 10.6 Å². The number of nitrogens with one attached hydrogen (secondary N) is 3. The molecule has 0 saturated heterocycles. The number of hydrogen-bond acceptors (Lipinski definition) is 4. The number of carbonyl (C=O) groups is 2. The summed E-state index contributed by atoms with van der Waals surface area (Å²) in [6, 6.07) is 3.69. The van der Waals surface area contributed by atoms with Crippen LogP contribution in [0, 0.1) is 5.82 Å². The number of fused-ring (bicyclic) bond motifs is 1. The summed E-state index contributed by atoms with van der Waals surface area (Å²) < 4.78 is 13.1. The first-order valence-electron chi connectivity index (χ1n) is 7.17. The lowest BCUT2D eigenvalue weighted by Crippen LogP contribution is -2.46. The first kappa shape index (κ1) is 17.3. The van der Waals surface area contributed by atoms with Crippen molar-refractivity contribution in [3.05, 3.63) is 29.8 Å². The number of aromatic amines is 1. The van der Waals surface area contributed by atoms with E-state index in [1.165, 1.54) is 19.1 Å². The number of carbonyl (C=O) groups excluding carboxylic acids is 2. The molecule has 2 aromatic rings. The number of halogens is 1. The summed E-state index contributed by atoms with van der Waals surface area (Å²) in [6.45, 7) is 1.57. The maximum atomic E-state index is 13.1. The van der Waals surface area contributed by atoms with E-state index in [1.807, 2.05) is 6.26 Å². The quantitative estimate of drug-likeness (QED) is 0.715. The fraction of sp³-hybridized carbons (Fsp3) is 0.400. The van der Waals surface area contributed by atoms with Crippen LogP contribution in [-0.2, 0) is 16.1 Å². The summed E-state index contributed by atoms with van der Waals surface area (Å²) in [6.07, 6.45) is 2.49. The van der Waals surface area contributed by atoms with Crippen molar-refractivity contribution in [1.82, 2.24) is 20.6 Å². The second-order valence-corrected chi connectivity index (χ2v) is 6.08. The third-order valence-electron chi connectivity index (χ3n) is 3.23. The Bertz CT molecular complexity index is 704. The van der Waals surface area contributed by atoms with Gasteiger partial charge in [-0.3, -0.25) is 9.59 Å². The van der Waals surface area contributed by atoms with Crippen molar-refractivity contribution in [3.8, 4) is 0 Å². The lowest BCUT2D eigenvalue weighted by Gasteiger charge is -2.16. The van der Waals surface area contributed by atoms with Crippen LogP contribution >= 0.6 is 11.8 Å².